The minimum absolute atomic E-state index is 0.110. The average Bonchev–Trinajstić information content (AvgIpc) is 3.56. The van der Waals surface area contributed by atoms with Crippen LogP contribution in [0.2, 0.25) is 0 Å². The van der Waals surface area contributed by atoms with Gasteiger partial charge in [-0.05, 0) is 142 Å². The fourth-order valence-electron chi connectivity index (χ4n) is 11.2. The lowest BCUT2D eigenvalue weighted by Gasteiger charge is -2.61. The third-order valence-corrected chi connectivity index (χ3v) is 13.2. The first-order valence-corrected chi connectivity index (χ1v) is 15.6. The van der Waals surface area contributed by atoms with Gasteiger partial charge < -0.3 is 9.53 Å². The number of rotatable bonds is 6. The molecule has 5 fully saturated rings. The molecule has 12 unspecified atom stereocenters. The lowest BCUT2D eigenvalue weighted by atomic mass is 9.44. The average molecular weight is 495 g/mol. The van der Waals surface area contributed by atoms with Crippen molar-refractivity contribution in [3.05, 3.63) is 12.2 Å². The molecular formula is C33H50O3. The van der Waals surface area contributed by atoms with Crippen molar-refractivity contribution in [3.63, 3.8) is 0 Å². The molecular weight excluding hydrogens is 444 g/mol. The molecule has 0 spiro atoms. The van der Waals surface area contributed by atoms with E-state index in [-0.39, 0.29) is 18.0 Å². The maximum absolute atomic E-state index is 13.0. The molecule has 12 atom stereocenters. The Morgan fingerprint density at radius 1 is 0.917 bits per heavy atom. The van der Waals surface area contributed by atoms with Gasteiger partial charge in [-0.2, -0.15) is 0 Å². The lowest BCUT2D eigenvalue weighted by Crippen LogP contribution is -2.54. The number of Topliss-reactive ketones (excluding diaryl/α,β-unsaturated/α-hetero) is 1. The molecule has 0 aromatic carbocycles. The summed E-state index contributed by atoms with van der Waals surface area (Å²) in [7, 11) is 0. The van der Waals surface area contributed by atoms with Crippen LogP contribution < -0.4 is 0 Å². The summed E-state index contributed by atoms with van der Waals surface area (Å²) in [5, 5.41) is 0. The lowest BCUT2D eigenvalue weighted by molar-refractivity contribution is -0.167. The number of ether oxygens (including phenoxy) is 1. The molecule has 6 aliphatic carbocycles. The molecule has 0 radical (unpaired) electrons. The third-order valence-electron chi connectivity index (χ3n) is 13.2. The maximum atomic E-state index is 13.0. The van der Waals surface area contributed by atoms with Crippen LogP contribution in [-0.4, -0.2) is 17.9 Å². The number of carbonyl (C=O) groups is 2. The first-order chi connectivity index (χ1) is 17.2. The van der Waals surface area contributed by atoms with Gasteiger partial charge in [-0.1, -0.05) is 32.9 Å². The highest BCUT2D eigenvalue weighted by Gasteiger charge is 2.60. The minimum Gasteiger partial charge on any atom is -0.462 e. The third kappa shape index (κ3) is 4.05. The second kappa shape index (κ2) is 9.26. The van der Waals surface area contributed by atoms with Gasteiger partial charge >= 0.3 is 5.97 Å². The molecule has 0 heterocycles. The predicted molar refractivity (Wildman–Crippen MR) is 143 cm³/mol. The number of hydrogen-bond acceptors (Lipinski definition) is 3. The van der Waals surface area contributed by atoms with Crippen molar-refractivity contribution < 1.29 is 14.3 Å². The Kier molecular flexibility index (Phi) is 6.48. The van der Waals surface area contributed by atoms with Crippen LogP contribution in [0.25, 0.3) is 0 Å². The zero-order valence-electron chi connectivity index (χ0n) is 23.3. The number of esters is 1. The summed E-state index contributed by atoms with van der Waals surface area (Å²) >= 11 is 0. The summed E-state index contributed by atoms with van der Waals surface area (Å²) in [4.78, 5) is 24.7. The van der Waals surface area contributed by atoms with Crippen LogP contribution in [0, 0.1) is 64.1 Å². The SMILES string of the molecule is CC(=O)CCC(C)C1CCC2C3CCC4CC(OC(=O)C5CC6C=CC5C6)CCC4(C)C3CCC12C. The van der Waals surface area contributed by atoms with Gasteiger partial charge in [-0.15, -0.1) is 0 Å². The van der Waals surface area contributed by atoms with Crippen molar-refractivity contribution in [1.82, 2.24) is 0 Å². The van der Waals surface area contributed by atoms with Crippen molar-refractivity contribution >= 4 is 11.8 Å². The van der Waals surface area contributed by atoms with Gasteiger partial charge in [0.15, 0.2) is 0 Å². The van der Waals surface area contributed by atoms with Gasteiger partial charge in [0.05, 0.1) is 5.92 Å². The van der Waals surface area contributed by atoms with Crippen LogP contribution >= 0.6 is 0 Å². The zero-order chi connectivity index (χ0) is 25.2. The van der Waals surface area contributed by atoms with E-state index in [0.717, 1.165) is 61.7 Å². The minimum atomic E-state index is 0.110. The van der Waals surface area contributed by atoms with Gasteiger partial charge in [-0.3, -0.25) is 4.79 Å². The van der Waals surface area contributed by atoms with Gasteiger partial charge in [0.2, 0.25) is 0 Å². The number of hydrogen-bond donors (Lipinski definition) is 0. The highest BCUT2D eigenvalue weighted by atomic mass is 16.5. The Morgan fingerprint density at radius 3 is 2.42 bits per heavy atom. The highest BCUT2D eigenvalue weighted by molar-refractivity contribution is 5.75. The molecule has 0 N–H and O–H groups in total. The Hall–Kier alpha value is -1.12. The first kappa shape index (κ1) is 25.2. The molecule has 0 aromatic rings. The van der Waals surface area contributed by atoms with Crippen LogP contribution in [0.15, 0.2) is 12.2 Å². The molecule has 0 aromatic heterocycles. The van der Waals surface area contributed by atoms with E-state index < -0.39 is 0 Å². The van der Waals surface area contributed by atoms with Crippen molar-refractivity contribution in [2.45, 2.75) is 117 Å². The van der Waals surface area contributed by atoms with Crippen molar-refractivity contribution in [3.8, 4) is 0 Å². The van der Waals surface area contributed by atoms with E-state index >= 15 is 0 Å². The molecule has 0 saturated heterocycles. The van der Waals surface area contributed by atoms with Crippen molar-refractivity contribution in [2.24, 2.45) is 64.1 Å². The summed E-state index contributed by atoms with van der Waals surface area (Å²) in [5.41, 5.74) is 0.906. The smallest absolute Gasteiger partial charge is 0.309 e. The van der Waals surface area contributed by atoms with Crippen molar-refractivity contribution in [2.75, 3.05) is 0 Å². The second-order valence-electron chi connectivity index (χ2n) is 14.8. The fourth-order valence-corrected chi connectivity index (χ4v) is 11.2. The Bertz CT molecular complexity index is 907. The topological polar surface area (TPSA) is 43.4 Å². The summed E-state index contributed by atoms with van der Waals surface area (Å²) in [6.45, 7) is 9.44. The largest absolute Gasteiger partial charge is 0.462 e. The normalized spacial score (nSPS) is 49.7. The van der Waals surface area contributed by atoms with Crippen molar-refractivity contribution in [1.29, 1.82) is 0 Å². The zero-order valence-corrected chi connectivity index (χ0v) is 23.3. The second-order valence-corrected chi connectivity index (χ2v) is 14.8. The van der Waals surface area contributed by atoms with Crippen LogP contribution in [-0.2, 0) is 14.3 Å². The Labute approximate surface area is 219 Å². The number of fused-ring (bicyclic) bond motifs is 7. The molecule has 0 amide bonds. The Balaban J connectivity index is 1.09. The van der Waals surface area contributed by atoms with Crippen LogP contribution in [0.1, 0.15) is 111 Å². The van der Waals surface area contributed by atoms with Gasteiger partial charge in [-0.25, -0.2) is 0 Å². The van der Waals surface area contributed by atoms with Crippen LogP contribution in [0.5, 0.6) is 0 Å². The molecule has 6 aliphatic rings. The number of allylic oxidation sites excluding steroid dienone is 2. The predicted octanol–water partition coefficient (Wildman–Crippen LogP) is 7.77. The first-order valence-electron chi connectivity index (χ1n) is 15.6. The van der Waals surface area contributed by atoms with Gasteiger partial charge in [0.25, 0.3) is 0 Å². The summed E-state index contributed by atoms with van der Waals surface area (Å²) in [6.07, 6.45) is 20.5. The molecule has 3 heteroatoms. The molecule has 36 heavy (non-hydrogen) atoms. The molecule has 200 valence electrons. The molecule has 2 bridgehead atoms. The molecule has 0 aliphatic heterocycles. The summed E-state index contributed by atoms with van der Waals surface area (Å²) in [5.74, 6) is 6.47. The highest BCUT2D eigenvalue weighted by Crippen LogP contribution is 2.68. The van der Waals surface area contributed by atoms with E-state index in [1.807, 2.05) is 0 Å². The van der Waals surface area contributed by atoms with E-state index in [1.54, 1.807) is 6.92 Å². The van der Waals surface area contributed by atoms with Crippen LogP contribution in [0.3, 0.4) is 0 Å². The standard InChI is InChI=1S/C33H50O3/c1-20(5-6-21(2)34)28-11-12-29-26-10-9-24-19-25(36-31(35)27-18-22-7-8-23(27)17-22)13-15-32(24,3)30(26)14-16-33(28,29)4/h7-8,20,22-30H,5-6,9-19H2,1-4H3. The quantitative estimate of drug-likeness (QED) is 0.280. The molecule has 3 nitrogen and oxygen atoms in total. The maximum Gasteiger partial charge on any atom is 0.309 e. The Morgan fingerprint density at radius 2 is 1.69 bits per heavy atom. The van der Waals surface area contributed by atoms with E-state index in [2.05, 4.69) is 32.9 Å². The molecule has 6 rings (SSSR count). The van der Waals surface area contributed by atoms with E-state index in [9.17, 15) is 9.59 Å². The summed E-state index contributed by atoms with van der Waals surface area (Å²) < 4.78 is 6.23. The van der Waals surface area contributed by atoms with E-state index in [4.69, 9.17) is 4.74 Å². The van der Waals surface area contributed by atoms with Gasteiger partial charge in [0.1, 0.15) is 11.9 Å². The number of ketones is 1. The fraction of sp³-hybridized carbons (Fsp3) is 0.879. The van der Waals surface area contributed by atoms with Gasteiger partial charge in [0, 0.05) is 6.42 Å². The molecule has 5 saturated carbocycles. The number of carbonyl (C=O) groups excluding carboxylic acids is 2. The summed E-state index contributed by atoms with van der Waals surface area (Å²) in [6, 6.07) is 0. The van der Waals surface area contributed by atoms with E-state index in [0.29, 0.717) is 34.4 Å². The van der Waals surface area contributed by atoms with E-state index in [1.165, 1.54) is 51.4 Å². The van der Waals surface area contributed by atoms with Crippen LogP contribution in [0.4, 0.5) is 0 Å². The monoisotopic (exact) mass is 494 g/mol.